The molecule has 0 radical (unpaired) electrons. The minimum Gasteiger partial charge on any atom is -0.478 e. The zero-order valence-electron chi connectivity index (χ0n) is 6.99. The van der Waals surface area contributed by atoms with Crippen molar-refractivity contribution in [1.82, 2.24) is 4.98 Å². The van der Waals surface area contributed by atoms with E-state index in [1.165, 1.54) is 0 Å². The van der Waals surface area contributed by atoms with Gasteiger partial charge in [0.25, 0.3) is 0 Å². The van der Waals surface area contributed by atoms with Gasteiger partial charge in [0, 0.05) is 6.20 Å². The molecule has 0 saturated heterocycles. The molecule has 0 aliphatic heterocycles. The fraction of sp³-hybridized carbons (Fsp3) is 0.143. The molecule has 15 heavy (non-hydrogen) atoms. The Morgan fingerprint density at radius 3 is 2.53 bits per heavy atom. The maximum atomic E-state index is 12.0. The van der Waals surface area contributed by atoms with E-state index < -0.39 is 32.9 Å². The van der Waals surface area contributed by atoms with Gasteiger partial charge in [-0.2, -0.15) is 13.2 Å². The molecule has 0 amide bonds. The van der Waals surface area contributed by atoms with Crippen LogP contribution in [0.3, 0.4) is 0 Å². The predicted octanol–water partition coefficient (Wildman–Crippen LogP) is 1.41. The average molecular weight is 239 g/mol. The van der Waals surface area contributed by atoms with Crippen LogP contribution in [0.1, 0.15) is 10.4 Å². The van der Waals surface area contributed by atoms with Crippen LogP contribution in [-0.2, 0) is 10.8 Å². The zero-order valence-corrected chi connectivity index (χ0v) is 7.80. The van der Waals surface area contributed by atoms with Gasteiger partial charge in [-0.15, -0.1) is 0 Å². The summed E-state index contributed by atoms with van der Waals surface area (Å²) in [6.45, 7) is 0. The van der Waals surface area contributed by atoms with Crippen LogP contribution in [-0.4, -0.2) is 25.8 Å². The van der Waals surface area contributed by atoms with Gasteiger partial charge in [0.2, 0.25) is 0 Å². The molecule has 1 aromatic rings. The number of nitrogens with zero attached hydrogens (tertiary/aromatic N) is 1. The number of carboxylic acid groups (broad SMARTS) is 1. The van der Waals surface area contributed by atoms with Gasteiger partial charge in [0.05, 0.1) is 5.56 Å². The summed E-state index contributed by atoms with van der Waals surface area (Å²) in [6, 6.07) is 2.06. The van der Waals surface area contributed by atoms with Crippen molar-refractivity contribution in [3.8, 4) is 0 Å². The maximum absolute atomic E-state index is 12.0. The Balaban J connectivity index is 3.26. The zero-order chi connectivity index (χ0) is 11.6. The smallest absolute Gasteiger partial charge is 0.477 e. The van der Waals surface area contributed by atoms with Gasteiger partial charge in [-0.05, 0) is 12.1 Å². The van der Waals surface area contributed by atoms with E-state index in [0.29, 0.717) is 0 Å². The quantitative estimate of drug-likeness (QED) is 0.847. The predicted molar refractivity (Wildman–Crippen MR) is 43.7 cm³/mol. The molecule has 0 unspecified atom stereocenters. The highest BCUT2D eigenvalue weighted by Crippen LogP contribution is 2.26. The first-order valence-electron chi connectivity index (χ1n) is 3.51. The molecule has 1 atom stereocenters. The first-order chi connectivity index (χ1) is 6.84. The standard InChI is InChI=1S/C7H4F3NO3S/c8-7(9,10)15(14)5-4(6(12)13)2-1-3-11-5/h1-3H,(H,12,13)/t15-/m1/s1. The molecule has 1 N–H and O–H groups in total. The maximum Gasteiger partial charge on any atom is 0.477 e. The Bertz CT molecular complexity index is 418. The minimum atomic E-state index is -5.02. The molecule has 1 heterocycles. The Hall–Kier alpha value is -1.44. The molecule has 0 aliphatic rings. The van der Waals surface area contributed by atoms with Crippen LogP contribution < -0.4 is 0 Å². The summed E-state index contributed by atoms with van der Waals surface area (Å²) in [7, 11) is -3.42. The van der Waals surface area contributed by atoms with Crippen molar-refractivity contribution < 1.29 is 27.3 Å². The van der Waals surface area contributed by atoms with E-state index >= 15 is 0 Å². The van der Waals surface area contributed by atoms with Crippen LogP contribution in [0.25, 0.3) is 0 Å². The topological polar surface area (TPSA) is 67.3 Å². The van der Waals surface area contributed by atoms with Gasteiger partial charge in [-0.1, -0.05) is 0 Å². The molecule has 1 aromatic heterocycles. The lowest BCUT2D eigenvalue weighted by Gasteiger charge is -2.06. The van der Waals surface area contributed by atoms with Crippen molar-refractivity contribution in [2.24, 2.45) is 0 Å². The lowest BCUT2D eigenvalue weighted by molar-refractivity contribution is -0.0386. The van der Waals surface area contributed by atoms with Crippen molar-refractivity contribution in [2.45, 2.75) is 10.5 Å². The highest BCUT2D eigenvalue weighted by atomic mass is 32.2. The summed E-state index contributed by atoms with van der Waals surface area (Å²) in [5.41, 5.74) is -5.73. The average Bonchev–Trinajstić information content (AvgIpc) is 2.15. The van der Waals surface area contributed by atoms with Crippen LogP contribution >= 0.6 is 0 Å². The van der Waals surface area contributed by atoms with E-state index in [9.17, 15) is 22.2 Å². The monoisotopic (exact) mass is 239 g/mol. The SMILES string of the molecule is O=C(O)c1cccnc1[S@@](=O)C(F)(F)F. The molecule has 0 saturated carbocycles. The van der Waals surface area contributed by atoms with Gasteiger partial charge in [-0.25, -0.2) is 14.0 Å². The molecule has 0 aliphatic carbocycles. The molecule has 1 rings (SSSR count). The second kappa shape index (κ2) is 3.97. The lowest BCUT2D eigenvalue weighted by Crippen LogP contribution is -2.20. The first-order valence-corrected chi connectivity index (χ1v) is 4.66. The summed E-state index contributed by atoms with van der Waals surface area (Å²) < 4.78 is 47.0. The fourth-order valence-electron chi connectivity index (χ4n) is 0.811. The van der Waals surface area contributed by atoms with Crippen molar-refractivity contribution in [3.63, 3.8) is 0 Å². The van der Waals surface area contributed by atoms with Gasteiger partial charge >= 0.3 is 11.5 Å². The minimum absolute atomic E-state index is 0.715. The second-order valence-corrected chi connectivity index (χ2v) is 3.76. The van der Waals surface area contributed by atoms with Gasteiger partial charge in [-0.3, -0.25) is 0 Å². The first kappa shape index (κ1) is 11.6. The molecular weight excluding hydrogens is 235 g/mol. The number of aromatic carboxylic acids is 1. The number of carboxylic acids is 1. The number of rotatable bonds is 2. The molecule has 8 heteroatoms. The summed E-state index contributed by atoms with van der Waals surface area (Å²) >= 11 is 0. The van der Waals surface area contributed by atoms with Crippen molar-refractivity contribution in [2.75, 3.05) is 0 Å². The number of hydrogen-bond donors (Lipinski definition) is 1. The third kappa shape index (κ3) is 2.52. The molecule has 4 nitrogen and oxygen atoms in total. The largest absolute Gasteiger partial charge is 0.478 e. The van der Waals surface area contributed by atoms with Crippen molar-refractivity contribution in [3.05, 3.63) is 23.9 Å². The Morgan fingerprint density at radius 2 is 2.07 bits per heavy atom. The van der Waals surface area contributed by atoms with Crippen LogP contribution in [0.5, 0.6) is 0 Å². The molecule has 0 fully saturated rings. The third-order valence-electron chi connectivity index (χ3n) is 1.39. The Morgan fingerprint density at radius 1 is 1.47 bits per heavy atom. The van der Waals surface area contributed by atoms with Gasteiger partial charge < -0.3 is 5.11 Å². The summed E-state index contributed by atoms with van der Waals surface area (Å²) in [5, 5.41) is 7.55. The van der Waals surface area contributed by atoms with E-state index in [0.717, 1.165) is 18.3 Å². The summed E-state index contributed by atoms with van der Waals surface area (Å²) in [5.74, 6) is -1.60. The van der Waals surface area contributed by atoms with E-state index in [1.807, 2.05) is 0 Å². The van der Waals surface area contributed by atoms with E-state index in [-0.39, 0.29) is 0 Å². The normalized spacial score (nSPS) is 13.5. The number of alkyl halides is 3. The molecule has 0 bridgehead atoms. The molecule has 0 aromatic carbocycles. The molecule has 0 spiro atoms. The van der Waals surface area contributed by atoms with Crippen molar-refractivity contribution >= 4 is 16.8 Å². The van der Waals surface area contributed by atoms with E-state index in [4.69, 9.17) is 5.11 Å². The lowest BCUT2D eigenvalue weighted by atomic mass is 10.3. The van der Waals surface area contributed by atoms with Crippen LogP contribution in [0.15, 0.2) is 23.4 Å². The number of aromatic nitrogens is 1. The number of pyridine rings is 1. The Kier molecular flexibility index (Phi) is 3.08. The third-order valence-corrected chi connectivity index (χ3v) is 2.48. The van der Waals surface area contributed by atoms with Gasteiger partial charge in [0.1, 0.15) is 0 Å². The van der Waals surface area contributed by atoms with Crippen LogP contribution in [0.2, 0.25) is 0 Å². The summed E-state index contributed by atoms with van der Waals surface area (Å²) in [6.07, 6.45) is 0.950. The Labute approximate surface area is 84.2 Å². The van der Waals surface area contributed by atoms with Crippen LogP contribution in [0, 0.1) is 0 Å². The van der Waals surface area contributed by atoms with E-state index in [1.54, 1.807) is 0 Å². The molecule has 82 valence electrons. The highest BCUT2D eigenvalue weighted by molar-refractivity contribution is 7.85. The molecular formula is C7H4F3NO3S. The number of hydrogen-bond acceptors (Lipinski definition) is 3. The van der Waals surface area contributed by atoms with Gasteiger partial charge in [0.15, 0.2) is 15.8 Å². The highest BCUT2D eigenvalue weighted by Gasteiger charge is 2.40. The summed E-state index contributed by atoms with van der Waals surface area (Å²) in [4.78, 5) is 13.7. The van der Waals surface area contributed by atoms with Crippen molar-refractivity contribution in [1.29, 1.82) is 0 Å². The second-order valence-electron chi connectivity index (χ2n) is 2.38. The fourth-order valence-corrected chi connectivity index (χ4v) is 1.54. The van der Waals surface area contributed by atoms with Crippen LogP contribution in [0.4, 0.5) is 13.2 Å². The number of carbonyl (C=O) groups is 1. The van der Waals surface area contributed by atoms with E-state index in [2.05, 4.69) is 4.98 Å². The number of halogens is 3.